The van der Waals surface area contributed by atoms with Gasteiger partial charge in [-0.1, -0.05) is 24.3 Å². The summed E-state index contributed by atoms with van der Waals surface area (Å²) >= 11 is 0. The molecule has 126 valence electrons. The van der Waals surface area contributed by atoms with Crippen LogP contribution in [-0.4, -0.2) is 21.4 Å². The molecule has 1 aromatic heterocycles. The van der Waals surface area contributed by atoms with Crippen molar-refractivity contribution in [3.63, 3.8) is 0 Å². The minimum Gasteiger partial charge on any atom is -0.294 e. The minimum atomic E-state index is -0.197. The number of hydrogen-bond acceptors (Lipinski definition) is 3. The van der Waals surface area contributed by atoms with Gasteiger partial charge in [-0.2, -0.15) is 0 Å². The first-order chi connectivity index (χ1) is 12.2. The zero-order valence-electron chi connectivity index (χ0n) is 13.9. The van der Waals surface area contributed by atoms with Crippen LogP contribution in [0.25, 0.3) is 11.0 Å². The van der Waals surface area contributed by atoms with Gasteiger partial charge >= 0.3 is 0 Å². The van der Waals surface area contributed by atoms with Crippen molar-refractivity contribution >= 4 is 22.7 Å². The van der Waals surface area contributed by atoms with E-state index >= 15 is 0 Å². The second-order valence-electron chi connectivity index (χ2n) is 6.40. The van der Waals surface area contributed by atoms with E-state index in [9.17, 15) is 9.59 Å². The Hall–Kier alpha value is -2.95. The Morgan fingerprint density at radius 3 is 2.80 bits per heavy atom. The summed E-state index contributed by atoms with van der Waals surface area (Å²) in [4.78, 5) is 28.8. The number of rotatable bonds is 5. The first-order valence-corrected chi connectivity index (χ1v) is 8.58. The normalized spacial score (nSPS) is 13.0. The zero-order valence-corrected chi connectivity index (χ0v) is 13.9. The second kappa shape index (κ2) is 6.51. The third kappa shape index (κ3) is 3.18. The van der Waals surface area contributed by atoms with Gasteiger partial charge in [0.05, 0.1) is 11.0 Å². The average Bonchev–Trinajstić information content (AvgIpc) is 3.26. The van der Waals surface area contributed by atoms with E-state index in [4.69, 9.17) is 0 Å². The van der Waals surface area contributed by atoms with Gasteiger partial charge in [-0.3, -0.25) is 15.0 Å². The lowest BCUT2D eigenvalue weighted by molar-refractivity contribution is -0.117. The first kappa shape index (κ1) is 15.6. The average molecular weight is 333 g/mol. The van der Waals surface area contributed by atoms with Gasteiger partial charge in [0.15, 0.2) is 5.78 Å². The molecule has 1 amide bonds. The topological polar surface area (TPSA) is 64.0 Å². The Morgan fingerprint density at radius 2 is 1.88 bits per heavy atom. The highest BCUT2D eigenvalue weighted by Crippen LogP contribution is 2.23. The number of aromatic nitrogens is 2. The van der Waals surface area contributed by atoms with E-state index in [0.29, 0.717) is 5.56 Å². The molecule has 0 saturated carbocycles. The van der Waals surface area contributed by atoms with Gasteiger partial charge in [0.2, 0.25) is 5.91 Å². The van der Waals surface area contributed by atoms with Gasteiger partial charge < -0.3 is 0 Å². The van der Waals surface area contributed by atoms with Gasteiger partial charge in [-0.05, 0) is 48.6 Å². The predicted octanol–water partition coefficient (Wildman–Crippen LogP) is 3.26. The summed E-state index contributed by atoms with van der Waals surface area (Å²) in [5, 5.41) is 0. The van der Waals surface area contributed by atoms with Gasteiger partial charge in [-0.15, -0.1) is 0 Å². The number of ketones is 1. The van der Waals surface area contributed by atoms with Crippen molar-refractivity contribution < 1.29 is 9.59 Å². The highest BCUT2D eigenvalue weighted by atomic mass is 16.2. The number of Topliss-reactive ketones (excluding diaryl/α,β-unsaturated/α-hetero) is 1. The van der Waals surface area contributed by atoms with Crippen LogP contribution in [0.5, 0.6) is 0 Å². The lowest BCUT2D eigenvalue weighted by atomic mass is 10.0. The van der Waals surface area contributed by atoms with Crippen molar-refractivity contribution in [1.29, 1.82) is 0 Å². The van der Waals surface area contributed by atoms with E-state index < -0.39 is 0 Å². The van der Waals surface area contributed by atoms with Crippen molar-refractivity contribution in [3.8, 4) is 0 Å². The lowest BCUT2D eigenvalue weighted by Crippen LogP contribution is -2.22. The fourth-order valence-corrected chi connectivity index (χ4v) is 3.36. The van der Waals surface area contributed by atoms with E-state index in [1.54, 1.807) is 11.0 Å². The Balaban J connectivity index is 1.37. The molecule has 0 aliphatic heterocycles. The molecule has 4 rings (SSSR count). The van der Waals surface area contributed by atoms with E-state index in [0.717, 1.165) is 30.3 Å². The van der Waals surface area contributed by atoms with Crippen LogP contribution < -0.4 is 5.43 Å². The smallest absolute Gasteiger partial charge is 0.239 e. The standard InChI is InChI=1S/C20H19N3O2/c24-19(16-9-8-14-4-3-5-15(14)12-16)10-11-20(25)22-23-13-21-17-6-1-2-7-18(17)23/h1-2,6-9,12-13H,3-5,10-11H2,(H,22,25). The number of nitrogens with one attached hydrogen (secondary N) is 1. The maximum absolute atomic E-state index is 12.4. The summed E-state index contributed by atoms with van der Waals surface area (Å²) < 4.78 is 1.59. The molecule has 1 aliphatic rings. The first-order valence-electron chi connectivity index (χ1n) is 8.58. The molecule has 2 aromatic carbocycles. The molecular formula is C20H19N3O2. The highest BCUT2D eigenvalue weighted by molar-refractivity contribution is 5.99. The molecule has 1 aliphatic carbocycles. The predicted molar refractivity (Wildman–Crippen MR) is 96.1 cm³/mol. The molecule has 1 N–H and O–H groups in total. The molecule has 3 aromatic rings. The van der Waals surface area contributed by atoms with Gasteiger partial charge in [0.25, 0.3) is 0 Å². The summed E-state index contributed by atoms with van der Waals surface area (Å²) in [7, 11) is 0. The quantitative estimate of drug-likeness (QED) is 0.729. The Kier molecular flexibility index (Phi) is 4.06. The van der Waals surface area contributed by atoms with E-state index in [1.807, 2.05) is 42.5 Å². The molecular weight excluding hydrogens is 314 g/mol. The summed E-state index contributed by atoms with van der Waals surface area (Å²) in [5.74, 6) is -0.182. The zero-order chi connectivity index (χ0) is 17.2. The molecule has 1 heterocycles. The van der Waals surface area contributed by atoms with Crippen molar-refractivity contribution in [1.82, 2.24) is 9.66 Å². The molecule has 5 heteroatoms. The molecule has 0 atom stereocenters. The van der Waals surface area contributed by atoms with Crippen molar-refractivity contribution in [3.05, 3.63) is 65.5 Å². The van der Waals surface area contributed by atoms with Gasteiger partial charge in [0.1, 0.15) is 6.33 Å². The number of nitrogens with zero attached hydrogens (tertiary/aromatic N) is 2. The number of hydrogen-bond donors (Lipinski definition) is 1. The summed E-state index contributed by atoms with van der Waals surface area (Å²) in [6, 6.07) is 13.5. The van der Waals surface area contributed by atoms with Gasteiger partial charge in [-0.25, -0.2) is 9.66 Å². The largest absolute Gasteiger partial charge is 0.294 e. The molecule has 0 bridgehead atoms. The van der Waals surface area contributed by atoms with E-state index in [2.05, 4.69) is 10.4 Å². The van der Waals surface area contributed by atoms with Crippen LogP contribution in [0.2, 0.25) is 0 Å². The molecule has 0 spiro atoms. The minimum absolute atomic E-state index is 0.0142. The highest BCUT2D eigenvalue weighted by Gasteiger charge is 2.15. The molecule has 0 saturated heterocycles. The molecule has 0 radical (unpaired) electrons. The number of carbonyl (C=O) groups excluding carboxylic acids is 2. The molecule has 0 fully saturated rings. The maximum atomic E-state index is 12.4. The fraction of sp³-hybridized carbons (Fsp3) is 0.250. The van der Waals surface area contributed by atoms with Crippen LogP contribution >= 0.6 is 0 Å². The monoisotopic (exact) mass is 333 g/mol. The van der Waals surface area contributed by atoms with Crippen molar-refractivity contribution in [2.24, 2.45) is 0 Å². The summed E-state index contributed by atoms with van der Waals surface area (Å²) in [6.45, 7) is 0. The third-order valence-electron chi connectivity index (χ3n) is 4.70. The van der Waals surface area contributed by atoms with E-state index in [-0.39, 0.29) is 24.5 Å². The summed E-state index contributed by atoms with van der Waals surface area (Å²) in [5.41, 5.74) is 7.76. The Labute approximate surface area is 145 Å². The van der Waals surface area contributed by atoms with Crippen LogP contribution in [0.3, 0.4) is 0 Å². The number of fused-ring (bicyclic) bond motifs is 2. The third-order valence-corrected chi connectivity index (χ3v) is 4.70. The number of amides is 1. The number of carbonyl (C=O) groups is 2. The van der Waals surface area contributed by atoms with Crippen molar-refractivity contribution in [2.75, 3.05) is 5.43 Å². The lowest BCUT2D eigenvalue weighted by Gasteiger charge is -2.07. The molecule has 25 heavy (non-hydrogen) atoms. The fourth-order valence-electron chi connectivity index (χ4n) is 3.36. The Bertz CT molecular complexity index is 958. The van der Waals surface area contributed by atoms with Crippen LogP contribution in [0.1, 0.15) is 40.7 Å². The number of para-hydroxylation sites is 2. The molecule has 0 unspecified atom stereocenters. The maximum Gasteiger partial charge on any atom is 0.239 e. The van der Waals surface area contributed by atoms with Gasteiger partial charge in [0, 0.05) is 18.4 Å². The second-order valence-corrected chi connectivity index (χ2v) is 6.40. The van der Waals surface area contributed by atoms with Crippen LogP contribution in [0.4, 0.5) is 0 Å². The van der Waals surface area contributed by atoms with Crippen molar-refractivity contribution in [2.45, 2.75) is 32.1 Å². The van der Waals surface area contributed by atoms with Crippen LogP contribution in [-0.2, 0) is 17.6 Å². The number of benzene rings is 2. The van der Waals surface area contributed by atoms with Crippen LogP contribution in [0, 0.1) is 0 Å². The SMILES string of the molecule is O=C(CCC(=O)c1ccc2c(c1)CCC2)Nn1cnc2ccccc21. The summed E-state index contributed by atoms with van der Waals surface area (Å²) in [6.07, 6.45) is 5.24. The number of imidazole rings is 1. The van der Waals surface area contributed by atoms with Crippen LogP contribution in [0.15, 0.2) is 48.8 Å². The number of aryl methyl sites for hydroxylation is 2. The van der Waals surface area contributed by atoms with E-state index in [1.165, 1.54) is 11.1 Å². The molecule has 5 nitrogen and oxygen atoms in total. The Morgan fingerprint density at radius 1 is 1.04 bits per heavy atom.